The summed E-state index contributed by atoms with van der Waals surface area (Å²) in [6, 6.07) is 10.4. The third-order valence-electron chi connectivity index (χ3n) is 4.30. The van der Waals surface area contributed by atoms with E-state index in [9.17, 15) is 4.79 Å². The van der Waals surface area contributed by atoms with Crippen LogP contribution in [0.15, 0.2) is 30.3 Å². The molecule has 6 nitrogen and oxygen atoms in total. The van der Waals surface area contributed by atoms with Gasteiger partial charge in [-0.3, -0.25) is 0 Å². The van der Waals surface area contributed by atoms with E-state index in [1.54, 1.807) is 0 Å². The van der Waals surface area contributed by atoms with E-state index in [1.807, 2.05) is 43.9 Å². The number of aromatic nitrogens is 2. The molecule has 2 heterocycles. The van der Waals surface area contributed by atoms with Gasteiger partial charge in [0, 0.05) is 49.2 Å². The molecule has 7 heteroatoms. The zero-order chi connectivity index (χ0) is 18.7. The lowest BCUT2D eigenvalue weighted by atomic mass is 10.1. The summed E-state index contributed by atoms with van der Waals surface area (Å²) in [6.07, 6.45) is 0.751. The Bertz CT molecular complexity index is 740. The minimum Gasteiger partial charge on any atom is -0.343 e. The van der Waals surface area contributed by atoms with Crippen LogP contribution < -0.4 is 10.2 Å². The molecule has 2 aromatic rings. The number of hydrogen-bond donors (Lipinski definition) is 1. The van der Waals surface area contributed by atoms with Gasteiger partial charge in [-0.25, -0.2) is 9.78 Å². The topological polar surface area (TPSA) is 61.4 Å². The predicted molar refractivity (Wildman–Crippen MR) is 106 cm³/mol. The van der Waals surface area contributed by atoms with E-state index in [0.717, 1.165) is 30.5 Å². The molecule has 0 aliphatic carbocycles. The lowest BCUT2D eigenvalue weighted by Crippen LogP contribution is -2.59. The monoisotopic (exact) mass is 373 g/mol. The number of rotatable bonds is 3. The summed E-state index contributed by atoms with van der Waals surface area (Å²) >= 11 is 1.44. The van der Waals surface area contributed by atoms with E-state index in [0.29, 0.717) is 6.54 Å². The third kappa shape index (κ3) is 4.72. The molecule has 140 valence electrons. The normalized spacial score (nSPS) is 18.1. The molecular formula is C19H27N5OS. The number of urea groups is 1. The highest BCUT2D eigenvalue weighted by Gasteiger charge is 2.30. The van der Waals surface area contributed by atoms with E-state index in [2.05, 4.69) is 33.6 Å². The highest BCUT2D eigenvalue weighted by atomic mass is 32.1. The molecule has 1 fully saturated rings. The smallest absolute Gasteiger partial charge is 0.318 e. The molecule has 0 bridgehead atoms. The third-order valence-corrected chi connectivity index (χ3v) is 5.12. The Balaban J connectivity index is 1.60. The van der Waals surface area contributed by atoms with Crippen LogP contribution in [0, 0.1) is 0 Å². The van der Waals surface area contributed by atoms with Crippen LogP contribution in [0.25, 0.3) is 0 Å². The summed E-state index contributed by atoms with van der Waals surface area (Å²) in [7, 11) is 0. The molecule has 0 spiro atoms. The number of carbonyl (C=O) groups is 1. The van der Waals surface area contributed by atoms with Crippen LogP contribution in [0.5, 0.6) is 0 Å². The first kappa shape index (κ1) is 18.6. The van der Waals surface area contributed by atoms with Crippen LogP contribution >= 0.6 is 11.5 Å². The number of amides is 2. The van der Waals surface area contributed by atoms with Gasteiger partial charge in [0.15, 0.2) is 0 Å². The van der Waals surface area contributed by atoms with Gasteiger partial charge < -0.3 is 15.1 Å². The molecule has 2 amide bonds. The average Bonchev–Trinajstić information content (AvgIpc) is 3.02. The van der Waals surface area contributed by atoms with Gasteiger partial charge in [0.2, 0.25) is 5.13 Å². The van der Waals surface area contributed by atoms with Gasteiger partial charge in [-0.15, -0.1) is 0 Å². The van der Waals surface area contributed by atoms with Crippen molar-refractivity contribution in [2.75, 3.05) is 24.5 Å². The molecule has 1 N–H and O–H groups in total. The molecule has 1 unspecified atom stereocenters. The molecule has 0 saturated carbocycles. The fourth-order valence-electron chi connectivity index (χ4n) is 3.05. The van der Waals surface area contributed by atoms with E-state index in [1.165, 1.54) is 17.1 Å². The van der Waals surface area contributed by atoms with E-state index in [4.69, 9.17) is 4.98 Å². The molecule has 1 aromatic heterocycles. The van der Waals surface area contributed by atoms with Crippen molar-refractivity contribution in [3.05, 3.63) is 41.7 Å². The Morgan fingerprint density at radius 1 is 1.27 bits per heavy atom. The van der Waals surface area contributed by atoms with Gasteiger partial charge in [0.1, 0.15) is 5.82 Å². The van der Waals surface area contributed by atoms with E-state index < -0.39 is 0 Å². The highest BCUT2D eigenvalue weighted by Crippen LogP contribution is 2.22. The summed E-state index contributed by atoms with van der Waals surface area (Å²) in [6.45, 7) is 10.3. The lowest BCUT2D eigenvalue weighted by Gasteiger charge is -2.40. The zero-order valence-corrected chi connectivity index (χ0v) is 16.7. The number of hydrogen-bond acceptors (Lipinski definition) is 5. The van der Waals surface area contributed by atoms with Crippen LogP contribution in [-0.4, -0.2) is 51.5 Å². The first-order chi connectivity index (χ1) is 12.3. The second-order valence-electron chi connectivity index (χ2n) is 7.82. The Morgan fingerprint density at radius 2 is 2.00 bits per heavy atom. The molecule has 3 rings (SSSR count). The fraction of sp³-hybridized carbons (Fsp3) is 0.526. The Labute approximate surface area is 159 Å². The second kappa shape index (κ2) is 7.61. The number of piperazine rings is 1. The molecule has 1 aromatic carbocycles. The number of carbonyl (C=O) groups excluding carboxylic acids is 1. The van der Waals surface area contributed by atoms with Crippen molar-refractivity contribution < 1.29 is 4.79 Å². The molecule has 1 atom stereocenters. The van der Waals surface area contributed by atoms with Crippen molar-refractivity contribution >= 4 is 22.7 Å². The Hall–Kier alpha value is -2.15. The number of nitrogens with zero attached hydrogens (tertiary/aromatic N) is 4. The van der Waals surface area contributed by atoms with E-state index in [-0.39, 0.29) is 17.6 Å². The summed E-state index contributed by atoms with van der Waals surface area (Å²) in [5.74, 6) is 0.858. The van der Waals surface area contributed by atoms with Crippen LogP contribution in [0.3, 0.4) is 0 Å². The maximum Gasteiger partial charge on any atom is 0.318 e. The van der Waals surface area contributed by atoms with Gasteiger partial charge in [-0.2, -0.15) is 4.37 Å². The van der Waals surface area contributed by atoms with Gasteiger partial charge in [-0.1, -0.05) is 30.3 Å². The predicted octanol–water partition coefficient (Wildman–Crippen LogP) is 3.15. The molecular weight excluding hydrogens is 346 g/mol. The zero-order valence-electron chi connectivity index (χ0n) is 15.9. The van der Waals surface area contributed by atoms with Gasteiger partial charge >= 0.3 is 6.03 Å². The number of benzene rings is 1. The number of anilines is 1. The number of nitrogens with one attached hydrogen (secondary N) is 1. The van der Waals surface area contributed by atoms with Crippen LogP contribution in [0.4, 0.5) is 9.93 Å². The summed E-state index contributed by atoms with van der Waals surface area (Å²) in [4.78, 5) is 21.3. The minimum absolute atomic E-state index is 0.00619. The maximum atomic E-state index is 12.4. The first-order valence-electron chi connectivity index (χ1n) is 9.02. The van der Waals surface area contributed by atoms with Crippen molar-refractivity contribution in [1.29, 1.82) is 0 Å². The fourth-order valence-corrected chi connectivity index (χ4v) is 3.77. The molecule has 0 radical (unpaired) electrons. The SMILES string of the molecule is CC1CN(c2nc(Cc3ccccc3)ns2)CCN1C(=O)NC(C)(C)C. The summed E-state index contributed by atoms with van der Waals surface area (Å²) < 4.78 is 4.51. The first-order valence-corrected chi connectivity index (χ1v) is 9.79. The van der Waals surface area contributed by atoms with E-state index >= 15 is 0 Å². The van der Waals surface area contributed by atoms with Crippen molar-refractivity contribution in [3.8, 4) is 0 Å². The minimum atomic E-state index is -0.223. The van der Waals surface area contributed by atoms with Crippen molar-refractivity contribution in [3.63, 3.8) is 0 Å². The molecule has 26 heavy (non-hydrogen) atoms. The lowest BCUT2D eigenvalue weighted by molar-refractivity contribution is 0.163. The van der Waals surface area contributed by atoms with Gasteiger partial charge in [-0.05, 0) is 33.3 Å². The maximum absolute atomic E-state index is 12.4. The van der Waals surface area contributed by atoms with Crippen LogP contribution in [-0.2, 0) is 6.42 Å². The van der Waals surface area contributed by atoms with Crippen LogP contribution in [0.1, 0.15) is 39.1 Å². The summed E-state index contributed by atoms with van der Waals surface area (Å²) in [5, 5.41) is 3.99. The van der Waals surface area contributed by atoms with Crippen LogP contribution in [0.2, 0.25) is 0 Å². The molecule has 1 saturated heterocycles. The van der Waals surface area contributed by atoms with Crippen molar-refractivity contribution in [1.82, 2.24) is 19.6 Å². The molecule has 1 aliphatic rings. The quantitative estimate of drug-likeness (QED) is 0.898. The van der Waals surface area contributed by atoms with Gasteiger partial charge in [0.25, 0.3) is 0 Å². The Morgan fingerprint density at radius 3 is 2.65 bits per heavy atom. The largest absolute Gasteiger partial charge is 0.343 e. The molecule has 1 aliphatic heterocycles. The average molecular weight is 374 g/mol. The van der Waals surface area contributed by atoms with Gasteiger partial charge in [0.05, 0.1) is 0 Å². The highest BCUT2D eigenvalue weighted by molar-refractivity contribution is 7.09. The Kier molecular flexibility index (Phi) is 5.46. The standard InChI is InChI=1S/C19H27N5OS/c1-14-13-23(10-11-24(14)17(25)21-19(2,3)4)18-20-16(22-26-18)12-15-8-6-5-7-9-15/h5-9,14H,10-13H2,1-4H3,(H,21,25). The summed E-state index contributed by atoms with van der Waals surface area (Å²) in [5.41, 5.74) is 0.994. The van der Waals surface area contributed by atoms with Crippen molar-refractivity contribution in [2.24, 2.45) is 0 Å². The van der Waals surface area contributed by atoms with Crippen molar-refractivity contribution in [2.45, 2.75) is 45.7 Å². The second-order valence-corrected chi connectivity index (χ2v) is 8.55.